The maximum atomic E-state index is 5.84. The van der Waals surface area contributed by atoms with Crippen molar-refractivity contribution in [3.05, 3.63) is 23.9 Å². The van der Waals surface area contributed by atoms with Gasteiger partial charge in [-0.15, -0.1) is 0 Å². The molecule has 0 aliphatic rings. The second-order valence-electron chi connectivity index (χ2n) is 4.19. The molecule has 16 heavy (non-hydrogen) atoms. The number of nitrogens with two attached hydrogens (primary N) is 1. The Hall–Kier alpha value is -1.13. The maximum absolute atomic E-state index is 5.84. The summed E-state index contributed by atoms with van der Waals surface area (Å²) in [5, 5.41) is 0. The molecule has 0 unspecified atom stereocenters. The van der Waals surface area contributed by atoms with Gasteiger partial charge in [0.2, 0.25) is 5.88 Å². The Labute approximate surface area is 97.4 Å². The summed E-state index contributed by atoms with van der Waals surface area (Å²) >= 11 is 0. The lowest BCUT2D eigenvalue weighted by molar-refractivity contribution is 0.270. The number of hydrogen-bond acceptors (Lipinski definition) is 4. The van der Waals surface area contributed by atoms with Crippen molar-refractivity contribution in [3.8, 4) is 5.88 Å². The van der Waals surface area contributed by atoms with Crippen LogP contribution in [0, 0.1) is 0 Å². The summed E-state index contributed by atoms with van der Waals surface area (Å²) < 4.78 is 5.63. The average molecular weight is 223 g/mol. The second kappa shape index (κ2) is 6.45. The summed E-state index contributed by atoms with van der Waals surface area (Å²) in [6.07, 6.45) is 2.72. The van der Waals surface area contributed by atoms with Crippen LogP contribution in [0.25, 0.3) is 0 Å². The highest BCUT2D eigenvalue weighted by molar-refractivity contribution is 5.27. The lowest BCUT2D eigenvalue weighted by Crippen LogP contribution is -2.16. The smallest absolute Gasteiger partial charge is 0.218 e. The van der Waals surface area contributed by atoms with Crippen molar-refractivity contribution in [1.82, 2.24) is 9.88 Å². The quantitative estimate of drug-likeness (QED) is 0.741. The summed E-state index contributed by atoms with van der Waals surface area (Å²) in [5.74, 6) is 0.663. The minimum absolute atomic E-state index is 0.0439. The highest BCUT2D eigenvalue weighted by Crippen LogP contribution is 2.20. The number of nitrogens with zero attached hydrogens (tertiary/aromatic N) is 2. The Morgan fingerprint density at radius 3 is 2.88 bits per heavy atom. The number of ether oxygens (including phenoxy) is 1. The van der Waals surface area contributed by atoms with Crippen molar-refractivity contribution < 1.29 is 4.74 Å². The zero-order valence-corrected chi connectivity index (χ0v) is 10.3. The number of hydrogen-bond donors (Lipinski definition) is 1. The van der Waals surface area contributed by atoms with Gasteiger partial charge in [-0.3, -0.25) is 0 Å². The largest absolute Gasteiger partial charge is 0.477 e. The predicted octanol–water partition coefficient (Wildman–Crippen LogP) is 1.43. The van der Waals surface area contributed by atoms with Gasteiger partial charge in [0, 0.05) is 24.3 Å². The third-order valence-corrected chi connectivity index (χ3v) is 2.28. The average Bonchev–Trinajstić information content (AvgIpc) is 2.24. The molecule has 4 nitrogen and oxygen atoms in total. The number of pyridine rings is 1. The van der Waals surface area contributed by atoms with Crippen LogP contribution in [0.15, 0.2) is 18.3 Å². The molecule has 0 aliphatic heterocycles. The molecule has 0 saturated heterocycles. The van der Waals surface area contributed by atoms with Gasteiger partial charge in [0.15, 0.2) is 0 Å². The Morgan fingerprint density at radius 1 is 1.50 bits per heavy atom. The molecule has 0 amide bonds. The van der Waals surface area contributed by atoms with Crippen molar-refractivity contribution in [3.63, 3.8) is 0 Å². The fourth-order valence-corrected chi connectivity index (χ4v) is 1.42. The van der Waals surface area contributed by atoms with E-state index in [1.165, 1.54) is 0 Å². The Balaban J connectivity index is 2.47. The van der Waals surface area contributed by atoms with Gasteiger partial charge >= 0.3 is 0 Å². The zero-order valence-electron chi connectivity index (χ0n) is 10.3. The first-order chi connectivity index (χ1) is 7.61. The van der Waals surface area contributed by atoms with E-state index < -0.39 is 0 Å². The second-order valence-corrected chi connectivity index (χ2v) is 4.19. The van der Waals surface area contributed by atoms with Crippen LogP contribution in [0.1, 0.15) is 24.9 Å². The SMILES string of the molecule is C[C@@H](N)c1cccnc1OCCCN(C)C. The topological polar surface area (TPSA) is 51.4 Å². The highest BCUT2D eigenvalue weighted by Gasteiger charge is 2.08. The van der Waals surface area contributed by atoms with Crippen molar-refractivity contribution in [2.45, 2.75) is 19.4 Å². The normalized spacial score (nSPS) is 12.8. The summed E-state index contributed by atoms with van der Waals surface area (Å²) in [5.41, 5.74) is 6.80. The standard InChI is InChI=1S/C12H21N3O/c1-10(13)11-6-4-7-14-12(11)16-9-5-8-15(2)3/h4,6-7,10H,5,8-9,13H2,1-3H3/t10-/m1/s1. The van der Waals surface area contributed by atoms with Gasteiger partial charge < -0.3 is 15.4 Å². The van der Waals surface area contributed by atoms with E-state index in [2.05, 4.69) is 9.88 Å². The fourth-order valence-electron chi connectivity index (χ4n) is 1.42. The Kier molecular flexibility index (Phi) is 5.22. The number of rotatable bonds is 6. The molecule has 0 bridgehead atoms. The van der Waals surface area contributed by atoms with E-state index in [1.54, 1.807) is 6.20 Å². The molecular weight excluding hydrogens is 202 g/mol. The number of aromatic nitrogens is 1. The van der Waals surface area contributed by atoms with Gasteiger partial charge in [-0.2, -0.15) is 0 Å². The molecule has 1 aromatic rings. The fraction of sp³-hybridized carbons (Fsp3) is 0.583. The van der Waals surface area contributed by atoms with Crippen molar-refractivity contribution in [2.24, 2.45) is 5.73 Å². The predicted molar refractivity (Wildman–Crippen MR) is 65.5 cm³/mol. The Morgan fingerprint density at radius 2 is 2.25 bits per heavy atom. The lowest BCUT2D eigenvalue weighted by atomic mass is 10.1. The molecule has 4 heteroatoms. The lowest BCUT2D eigenvalue weighted by Gasteiger charge is -2.13. The van der Waals surface area contributed by atoms with Crippen molar-refractivity contribution in [1.29, 1.82) is 0 Å². The van der Waals surface area contributed by atoms with Crippen LogP contribution in [-0.4, -0.2) is 37.1 Å². The van der Waals surface area contributed by atoms with Crippen molar-refractivity contribution >= 4 is 0 Å². The molecule has 0 aromatic carbocycles. The summed E-state index contributed by atoms with van der Waals surface area (Å²) in [6, 6.07) is 3.79. The van der Waals surface area contributed by atoms with Crippen LogP contribution in [-0.2, 0) is 0 Å². The molecule has 0 fully saturated rings. The first-order valence-electron chi connectivity index (χ1n) is 5.59. The van der Waals surface area contributed by atoms with E-state index in [1.807, 2.05) is 33.2 Å². The molecule has 1 heterocycles. The molecule has 2 N–H and O–H groups in total. The van der Waals surface area contributed by atoms with Crippen LogP contribution in [0.5, 0.6) is 5.88 Å². The third kappa shape index (κ3) is 4.16. The first-order valence-corrected chi connectivity index (χ1v) is 5.59. The van der Waals surface area contributed by atoms with Gasteiger partial charge in [-0.1, -0.05) is 6.07 Å². The summed E-state index contributed by atoms with van der Waals surface area (Å²) in [7, 11) is 4.10. The monoisotopic (exact) mass is 223 g/mol. The van der Waals surface area contributed by atoms with Gasteiger partial charge in [0.05, 0.1) is 6.61 Å². The van der Waals surface area contributed by atoms with Gasteiger partial charge in [0.25, 0.3) is 0 Å². The molecule has 1 rings (SSSR count). The van der Waals surface area contributed by atoms with Crippen LogP contribution in [0.2, 0.25) is 0 Å². The maximum Gasteiger partial charge on any atom is 0.218 e. The zero-order chi connectivity index (χ0) is 12.0. The Bertz CT molecular complexity index is 313. The minimum atomic E-state index is -0.0439. The molecule has 90 valence electrons. The minimum Gasteiger partial charge on any atom is -0.477 e. The summed E-state index contributed by atoms with van der Waals surface area (Å²) in [6.45, 7) is 3.62. The van der Waals surface area contributed by atoms with Crippen LogP contribution >= 0.6 is 0 Å². The van der Waals surface area contributed by atoms with E-state index in [-0.39, 0.29) is 6.04 Å². The molecule has 0 spiro atoms. The van der Waals surface area contributed by atoms with Gasteiger partial charge in [-0.05, 0) is 33.5 Å². The van der Waals surface area contributed by atoms with Crippen LogP contribution < -0.4 is 10.5 Å². The van der Waals surface area contributed by atoms with Gasteiger partial charge in [0.1, 0.15) is 0 Å². The van der Waals surface area contributed by atoms with E-state index in [4.69, 9.17) is 10.5 Å². The van der Waals surface area contributed by atoms with Crippen LogP contribution in [0.3, 0.4) is 0 Å². The molecule has 1 atom stereocenters. The molecular formula is C12H21N3O. The molecule has 1 aromatic heterocycles. The van der Waals surface area contributed by atoms with Crippen LogP contribution in [0.4, 0.5) is 0 Å². The van der Waals surface area contributed by atoms with E-state index in [9.17, 15) is 0 Å². The van der Waals surface area contributed by atoms with Crippen molar-refractivity contribution in [2.75, 3.05) is 27.2 Å². The molecule has 0 radical (unpaired) electrons. The van der Waals surface area contributed by atoms with E-state index in [0.29, 0.717) is 12.5 Å². The third-order valence-electron chi connectivity index (χ3n) is 2.28. The summed E-state index contributed by atoms with van der Waals surface area (Å²) in [4.78, 5) is 6.33. The first kappa shape index (κ1) is 12.9. The highest BCUT2D eigenvalue weighted by atomic mass is 16.5. The molecule has 0 saturated carbocycles. The van der Waals surface area contributed by atoms with E-state index in [0.717, 1.165) is 18.5 Å². The van der Waals surface area contributed by atoms with Gasteiger partial charge in [-0.25, -0.2) is 4.98 Å². The van der Waals surface area contributed by atoms with E-state index >= 15 is 0 Å². The molecule has 0 aliphatic carbocycles.